The quantitative estimate of drug-likeness (QED) is 0.338. The van der Waals surface area contributed by atoms with E-state index in [1.54, 1.807) is 0 Å². The molecule has 0 saturated carbocycles. The molecule has 0 amide bonds. The van der Waals surface area contributed by atoms with Crippen molar-refractivity contribution < 1.29 is 0 Å². The molecule has 5 aromatic rings. The van der Waals surface area contributed by atoms with Crippen molar-refractivity contribution in [3.8, 4) is 0 Å². The van der Waals surface area contributed by atoms with E-state index in [0.29, 0.717) is 0 Å². The van der Waals surface area contributed by atoms with E-state index in [2.05, 4.69) is 131 Å². The molecule has 6 rings (SSSR count). The third-order valence-corrected chi connectivity index (χ3v) is 6.12. The van der Waals surface area contributed by atoms with Crippen molar-refractivity contribution in [1.29, 1.82) is 0 Å². The van der Waals surface area contributed by atoms with Gasteiger partial charge in [0.2, 0.25) is 0 Å². The zero-order chi connectivity index (χ0) is 20.6. The number of hydrogen-bond acceptors (Lipinski definition) is 1. The molecule has 1 unspecified atom stereocenters. The van der Waals surface area contributed by atoms with Gasteiger partial charge in [0.05, 0.1) is 6.04 Å². The smallest absolute Gasteiger partial charge is 0.0871 e. The van der Waals surface area contributed by atoms with E-state index in [1.165, 1.54) is 44.5 Å². The van der Waals surface area contributed by atoms with Gasteiger partial charge in [-0.1, -0.05) is 91.0 Å². The minimum Gasteiger partial charge on any atom is -0.361 e. The molecule has 1 aromatic heterocycles. The number of hydrogen-bond donors (Lipinski definition) is 1. The third-order valence-electron chi connectivity index (χ3n) is 6.12. The van der Waals surface area contributed by atoms with Crippen LogP contribution in [0.5, 0.6) is 0 Å². The molecular weight excluding hydrogens is 376 g/mol. The Hall–Kier alpha value is -4.04. The molecule has 2 heteroatoms. The van der Waals surface area contributed by atoms with Crippen LogP contribution in [0.3, 0.4) is 0 Å². The zero-order valence-electron chi connectivity index (χ0n) is 17.1. The number of aromatic nitrogens is 1. The highest BCUT2D eigenvalue weighted by molar-refractivity contribution is 5.96. The molecule has 31 heavy (non-hydrogen) atoms. The largest absolute Gasteiger partial charge is 0.361 e. The molecule has 0 aliphatic carbocycles. The molecule has 0 bridgehead atoms. The highest BCUT2D eigenvalue weighted by atomic mass is 15.2. The first-order valence-electron chi connectivity index (χ1n) is 10.7. The van der Waals surface area contributed by atoms with Gasteiger partial charge in [-0.05, 0) is 41.0 Å². The van der Waals surface area contributed by atoms with Gasteiger partial charge in [0.15, 0.2) is 0 Å². The van der Waals surface area contributed by atoms with Crippen LogP contribution in [0.4, 0.5) is 5.69 Å². The van der Waals surface area contributed by atoms with E-state index >= 15 is 0 Å². The Labute approximate surface area is 182 Å². The van der Waals surface area contributed by atoms with Crippen molar-refractivity contribution in [2.45, 2.75) is 6.04 Å². The van der Waals surface area contributed by atoms with Crippen LogP contribution >= 0.6 is 0 Å². The number of rotatable bonds is 3. The van der Waals surface area contributed by atoms with Gasteiger partial charge in [0.25, 0.3) is 0 Å². The van der Waals surface area contributed by atoms with Gasteiger partial charge in [-0.15, -0.1) is 0 Å². The van der Waals surface area contributed by atoms with Crippen LogP contribution in [0.15, 0.2) is 115 Å². The number of benzene rings is 4. The molecule has 1 N–H and O–H groups in total. The van der Waals surface area contributed by atoms with Gasteiger partial charge in [0, 0.05) is 34.0 Å². The van der Waals surface area contributed by atoms with Gasteiger partial charge in [-0.2, -0.15) is 0 Å². The second-order valence-electron chi connectivity index (χ2n) is 7.92. The van der Waals surface area contributed by atoms with Crippen molar-refractivity contribution in [3.05, 3.63) is 138 Å². The summed E-state index contributed by atoms with van der Waals surface area (Å²) in [6.45, 7) is 0. The molecule has 0 spiro atoms. The third kappa shape index (κ3) is 2.96. The summed E-state index contributed by atoms with van der Waals surface area (Å²) in [7, 11) is 0. The van der Waals surface area contributed by atoms with E-state index in [1.807, 2.05) is 0 Å². The molecule has 1 aliphatic heterocycles. The van der Waals surface area contributed by atoms with Gasteiger partial charge in [-0.25, -0.2) is 0 Å². The predicted octanol–water partition coefficient (Wildman–Crippen LogP) is 7.28. The predicted molar refractivity (Wildman–Crippen MR) is 130 cm³/mol. The SMILES string of the molecule is C1=C(c2ccccc2)N(c2ccccc2)C(c2c[nH]c3ccccc23)c2ccccc21. The zero-order valence-corrected chi connectivity index (χ0v) is 17.1. The number of para-hydroxylation sites is 2. The van der Waals surface area contributed by atoms with Crippen LogP contribution in [0.25, 0.3) is 22.7 Å². The van der Waals surface area contributed by atoms with Gasteiger partial charge in [-0.3, -0.25) is 0 Å². The maximum Gasteiger partial charge on any atom is 0.0871 e. The summed E-state index contributed by atoms with van der Waals surface area (Å²) in [6, 6.07) is 38.8. The Morgan fingerprint density at radius 3 is 2.13 bits per heavy atom. The molecule has 1 atom stereocenters. The summed E-state index contributed by atoms with van der Waals surface area (Å²) in [5, 5.41) is 1.26. The molecule has 2 nitrogen and oxygen atoms in total. The van der Waals surface area contributed by atoms with Gasteiger partial charge in [0.1, 0.15) is 0 Å². The monoisotopic (exact) mass is 398 g/mol. The summed E-state index contributed by atoms with van der Waals surface area (Å²) in [6.07, 6.45) is 4.50. The fraction of sp³-hybridized carbons (Fsp3) is 0.0345. The standard InChI is InChI=1S/C29H22N2/c1-3-11-21(12-4-1)28-19-22-13-7-8-16-24(22)29(31(28)23-14-5-2-6-15-23)26-20-30-27-18-10-9-17-25(26)27/h1-20,29-30H. The number of nitrogens with zero attached hydrogens (tertiary/aromatic N) is 1. The molecular formula is C29H22N2. The Kier molecular flexibility index (Phi) is 4.21. The first kappa shape index (κ1) is 17.8. The van der Waals surface area contributed by atoms with Crippen LogP contribution in [0.2, 0.25) is 0 Å². The maximum absolute atomic E-state index is 3.50. The average molecular weight is 399 g/mol. The Balaban J connectivity index is 1.66. The summed E-state index contributed by atoms with van der Waals surface area (Å²) in [4.78, 5) is 5.98. The second kappa shape index (κ2) is 7.33. The lowest BCUT2D eigenvalue weighted by molar-refractivity contribution is 0.822. The lowest BCUT2D eigenvalue weighted by Gasteiger charge is -2.40. The fourth-order valence-corrected chi connectivity index (χ4v) is 4.72. The Morgan fingerprint density at radius 1 is 0.613 bits per heavy atom. The van der Waals surface area contributed by atoms with Gasteiger partial charge >= 0.3 is 0 Å². The fourth-order valence-electron chi connectivity index (χ4n) is 4.72. The normalized spacial score (nSPS) is 15.5. The van der Waals surface area contributed by atoms with E-state index in [0.717, 1.165) is 0 Å². The molecule has 148 valence electrons. The van der Waals surface area contributed by atoms with Crippen molar-refractivity contribution in [2.75, 3.05) is 4.90 Å². The van der Waals surface area contributed by atoms with Crippen LogP contribution in [0, 0.1) is 0 Å². The average Bonchev–Trinajstić information content (AvgIpc) is 3.28. The summed E-state index contributed by atoms with van der Waals surface area (Å²) < 4.78 is 0. The van der Waals surface area contributed by atoms with Crippen LogP contribution in [-0.4, -0.2) is 4.98 Å². The summed E-state index contributed by atoms with van der Waals surface area (Å²) in [5.41, 5.74) is 8.64. The molecule has 4 aromatic carbocycles. The number of aromatic amines is 1. The lowest BCUT2D eigenvalue weighted by Crippen LogP contribution is -2.31. The van der Waals surface area contributed by atoms with E-state index < -0.39 is 0 Å². The summed E-state index contributed by atoms with van der Waals surface area (Å²) >= 11 is 0. The van der Waals surface area contributed by atoms with Crippen LogP contribution in [0.1, 0.15) is 28.3 Å². The van der Waals surface area contributed by atoms with Gasteiger partial charge < -0.3 is 9.88 Å². The molecule has 2 heterocycles. The Bertz CT molecular complexity index is 1380. The number of fused-ring (bicyclic) bond motifs is 2. The minimum atomic E-state index is 0.0648. The van der Waals surface area contributed by atoms with Crippen molar-refractivity contribution in [1.82, 2.24) is 4.98 Å². The number of H-pyrrole nitrogens is 1. The first-order chi connectivity index (χ1) is 15.4. The van der Waals surface area contributed by atoms with Crippen molar-refractivity contribution in [3.63, 3.8) is 0 Å². The molecule has 0 radical (unpaired) electrons. The topological polar surface area (TPSA) is 19.0 Å². The molecule has 1 aliphatic rings. The van der Waals surface area contributed by atoms with Crippen LogP contribution < -0.4 is 4.90 Å². The maximum atomic E-state index is 3.50. The molecule has 0 saturated heterocycles. The Morgan fingerprint density at radius 2 is 1.29 bits per heavy atom. The summed E-state index contributed by atoms with van der Waals surface area (Å²) in [5.74, 6) is 0. The van der Waals surface area contributed by atoms with Crippen molar-refractivity contribution in [2.24, 2.45) is 0 Å². The van der Waals surface area contributed by atoms with Crippen molar-refractivity contribution >= 4 is 28.4 Å². The van der Waals surface area contributed by atoms with E-state index in [-0.39, 0.29) is 6.04 Å². The molecule has 0 fully saturated rings. The minimum absolute atomic E-state index is 0.0648. The van der Waals surface area contributed by atoms with E-state index in [4.69, 9.17) is 0 Å². The number of anilines is 1. The van der Waals surface area contributed by atoms with E-state index in [9.17, 15) is 0 Å². The highest BCUT2D eigenvalue weighted by Gasteiger charge is 2.33. The first-order valence-corrected chi connectivity index (χ1v) is 10.7. The highest BCUT2D eigenvalue weighted by Crippen LogP contribution is 2.46. The number of nitrogens with one attached hydrogen (secondary N) is 1. The second-order valence-corrected chi connectivity index (χ2v) is 7.92. The lowest BCUT2D eigenvalue weighted by atomic mass is 9.87. The van der Waals surface area contributed by atoms with Crippen LogP contribution in [-0.2, 0) is 0 Å².